The Bertz CT molecular complexity index is 531. The van der Waals surface area contributed by atoms with Gasteiger partial charge >= 0.3 is 0 Å². The molecular formula is C14H10Br2F2. The third kappa shape index (κ3) is 2.81. The molecule has 2 rings (SSSR count). The van der Waals surface area contributed by atoms with Crippen molar-refractivity contribution in [2.45, 2.75) is 11.8 Å². The molecule has 1 atom stereocenters. The molecule has 0 bridgehead atoms. The average molecular weight is 376 g/mol. The Hall–Kier alpha value is -0.740. The van der Waals surface area contributed by atoms with Crippen molar-refractivity contribution >= 4 is 31.9 Å². The van der Waals surface area contributed by atoms with E-state index in [1.54, 1.807) is 0 Å². The summed E-state index contributed by atoms with van der Waals surface area (Å²) in [5.41, 5.74) is 2.23. The van der Waals surface area contributed by atoms with Crippen molar-refractivity contribution in [3.05, 3.63) is 69.2 Å². The smallest absolute Gasteiger partial charge is 0.128 e. The fraction of sp³-hybridized carbons (Fsp3) is 0.143. The maximum Gasteiger partial charge on any atom is 0.128 e. The summed E-state index contributed by atoms with van der Waals surface area (Å²) in [4.78, 5) is -0.370. The van der Waals surface area contributed by atoms with Crippen LogP contribution < -0.4 is 0 Å². The summed E-state index contributed by atoms with van der Waals surface area (Å²) in [6.45, 7) is 1.94. The van der Waals surface area contributed by atoms with Gasteiger partial charge in [0.05, 0.1) is 4.83 Å². The lowest BCUT2D eigenvalue weighted by atomic mass is 10.00. The first-order chi connectivity index (χ1) is 8.49. The number of hydrogen-bond acceptors (Lipinski definition) is 0. The zero-order valence-electron chi connectivity index (χ0n) is 9.55. The highest BCUT2D eigenvalue weighted by molar-refractivity contribution is 9.10. The first-order valence-corrected chi connectivity index (χ1v) is 7.05. The van der Waals surface area contributed by atoms with E-state index < -0.39 is 11.6 Å². The van der Waals surface area contributed by atoms with Crippen LogP contribution in [0.4, 0.5) is 8.78 Å². The second kappa shape index (κ2) is 5.49. The SMILES string of the molecule is Cc1ccc(Br)cc1C(Br)c1cc(F)ccc1F. The lowest BCUT2D eigenvalue weighted by Gasteiger charge is -2.15. The second-order valence-electron chi connectivity index (χ2n) is 4.03. The molecule has 2 aromatic carbocycles. The molecule has 94 valence electrons. The van der Waals surface area contributed by atoms with E-state index in [0.717, 1.165) is 27.7 Å². The van der Waals surface area contributed by atoms with Crippen molar-refractivity contribution in [2.75, 3.05) is 0 Å². The van der Waals surface area contributed by atoms with Gasteiger partial charge in [0, 0.05) is 10.0 Å². The normalized spacial score (nSPS) is 12.5. The molecule has 0 nitrogen and oxygen atoms in total. The van der Waals surface area contributed by atoms with Crippen LogP contribution in [0, 0.1) is 18.6 Å². The van der Waals surface area contributed by atoms with Crippen molar-refractivity contribution in [2.24, 2.45) is 0 Å². The number of hydrogen-bond donors (Lipinski definition) is 0. The minimum absolute atomic E-state index is 0.302. The predicted molar refractivity (Wildman–Crippen MR) is 76.0 cm³/mol. The largest absolute Gasteiger partial charge is 0.207 e. The molecule has 0 N–H and O–H groups in total. The van der Waals surface area contributed by atoms with Crippen LogP contribution in [0.2, 0.25) is 0 Å². The quantitative estimate of drug-likeness (QED) is 0.606. The minimum Gasteiger partial charge on any atom is -0.207 e. The number of benzene rings is 2. The lowest BCUT2D eigenvalue weighted by molar-refractivity contribution is 0.588. The molecule has 0 heterocycles. The van der Waals surface area contributed by atoms with E-state index in [0.29, 0.717) is 5.56 Å². The zero-order valence-corrected chi connectivity index (χ0v) is 12.7. The van der Waals surface area contributed by atoms with Gasteiger partial charge in [-0.25, -0.2) is 8.78 Å². The fourth-order valence-electron chi connectivity index (χ4n) is 1.76. The molecule has 0 amide bonds. The molecule has 0 aliphatic rings. The van der Waals surface area contributed by atoms with Crippen molar-refractivity contribution in [1.82, 2.24) is 0 Å². The van der Waals surface area contributed by atoms with Crippen LogP contribution in [-0.4, -0.2) is 0 Å². The Morgan fingerprint density at radius 2 is 1.72 bits per heavy atom. The summed E-state index contributed by atoms with van der Waals surface area (Å²) in [5.74, 6) is -0.860. The van der Waals surface area contributed by atoms with E-state index >= 15 is 0 Å². The number of halogens is 4. The van der Waals surface area contributed by atoms with Crippen LogP contribution in [-0.2, 0) is 0 Å². The van der Waals surface area contributed by atoms with Gasteiger partial charge in [-0.05, 0) is 48.4 Å². The van der Waals surface area contributed by atoms with E-state index in [2.05, 4.69) is 31.9 Å². The summed E-state index contributed by atoms with van der Waals surface area (Å²) in [6.07, 6.45) is 0. The molecule has 0 aromatic heterocycles. The van der Waals surface area contributed by atoms with Gasteiger partial charge in [-0.1, -0.05) is 37.9 Å². The first kappa shape index (κ1) is 13.7. The molecule has 0 aliphatic carbocycles. The van der Waals surface area contributed by atoms with Crippen LogP contribution in [0.15, 0.2) is 40.9 Å². The van der Waals surface area contributed by atoms with Gasteiger partial charge < -0.3 is 0 Å². The third-order valence-corrected chi connectivity index (χ3v) is 4.23. The molecular weight excluding hydrogens is 366 g/mol. The molecule has 0 fully saturated rings. The number of rotatable bonds is 2. The van der Waals surface area contributed by atoms with Gasteiger partial charge in [-0.15, -0.1) is 0 Å². The molecule has 0 saturated carbocycles. The Labute approximate surface area is 121 Å². The highest BCUT2D eigenvalue weighted by Gasteiger charge is 2.17. The summed E-state index contributed by atoms with van der Waals surface area (Å²) >= 11 is 6.82. The Kier molecular flexibility index (Phi) is 4.17. The summed E-state index contributed by atoms with van der Waals surface area (Å²) in [5, 5.41) is 0. The minimum atomic E-state index is -0.441. The van der Waals surface area contributed by atoms with Crippen LogP contribution in [0.25, 0.3) is 0 Å². The molecule has 18 heavy (non-hydrogen) atoms. The van der Waals surface area contributed by atoms with Gasteiger partial charge in [0.1, 0.15) is 11.6 Å². The van der Waals surface area contributed by atoms with Gasteiger partial charge in [0.25, 0.3) is 0 Å². The van der Waals surface area contributed by atoms with E-state index in [4.69, 9.17) is 0 Å². The van der Waals surface area contributed by atoms with E-state index in [9.17, 15) is 8.78 Å². The molecule has 0 aliphatic heterocycles. The summed E-state index contributed by atoms with van der Waals surface area (Å²) in [6, 6.07) is 9.23. The van der Waals surface area contributed by atoms with E-state index in [-0.39, 0.29) is 4.83 Å². The number of alkyl halides is 1. The second-order valence-corrected chi connectivity index (χ2v) is 5.86. The van der Waals surface area contributed by atoms with Crippen LogP contribution >= 0.6 is 31.9 Å². The number of aryl methyl sites for hydroxylation is 1. The molecule has 0 radical (unpaired) electrons. The summed E-state index contributed by atoms with van der Waals surface area (Å²) < 4.78 is 27.8. The van der Waals surface area contributed by atoms with Crippen molar-refractivity contribution in [3.63, 3.8) is 0 Å². The highest BCUT2D eigenvalue weighted by atomic mass is 79.9. The maximum atomic E-state index is 13.7. The zero-order chi connectivity index (χ0) is 13.3. The lowest BCUT2D eigenvalue weighted by Crippen LogP contribution is -2.00. The first-order valence-electron chi connectivity index (χ1n) is 5.34. The van der Waals surface area contributed by atoms with Crippen LogP contribution in [0.5, 0.6) is 0 Å². The van der Waals surface area contributed by atoms with Crippen LogP contribution in [0.3, 0.4) is 0 Å². The van der Waals surface area contributed by atoms with Gasteiger partial charge in [-0.3, -0.25) is 0 Å². The van der Waals surface area contributed by atoms with Crippen molar-refractivity contribution in [3.8, 4) is 0 Å². The average Bonchev–Trinajstić information content (AvgIpc) is 2.34. The molecule has 4 heteroatoms. The van der Waals surface area contributed by atoms with Gasteiger partial charge in [-0.2, -0.15) is 0 Å². The maximum absolute atomic E-state index is 13.7. The monoisotopic (exact) mass is 374 g/mol. The molecule has 0 spiro atoms. The Morgan fingerprint density at radius 3 is 2.44 bits per heavy atom. The third-order valence-electron chi connectivity index (χ3n) is 2.75. The fourth-order valence-corrected chi connectivity index (χ4v) is 2.98. The highest BCUT2D eigenvalue weighted by Crippen LogP contribution is 2.35. The topological polar surface area (TPSA) is 0 Å². The molecule has 1 unspecified atom stereocenters. The van der Waals surface area contributed by atoms with E-state index in [1.807, 2.05) is 25.1 Å². The molecule has 0 saturated heterocycles. The summed E-state index contributed by atoms with van der Waals surface area (Å²) in [7, 11) is 0. The van der Waals surface area contributed by atoms with Crippen LogP contribution in [0.1, 0.15) is 21.5 Å². The molecule has 2 aromatic rings. The van der Waals surface area contributed by atoms with Crippen molar-refractivity contribution in [1.29, 1.82) is 0 Å². The Morgan fingerprint density at radius 1 is 1.00 bits per heavy atom. The van der Waals surface area contributed by atoms with Gasteiger partial charge in [0.2, 0.25) is 0 Å². The van der Waals surface area contributed by atoms with Crippen molar-refractivity contribution < 1.29 is 8.78 Å². The standard InChI is InChI=1S/C14H10Br2F2/c1-8-2-3-9(15)6-11(8)14(16)12-7-10(17)4-5-13(12)18/h2-7,14H,1H3. The van der Waals surface area contributed by atoms with Gasteiger partial charge in [0.15, 0.2) is 0 Å². The Balaban J connectivity index is 2.50. The van der Waals surface area contributed by atoms with E-state index in [1.165, 1.54) is 6.07 Å². The predicted octanol–water partition coefficient (Wildman–Crippen LogP) is 5.52.